The number of aryl methyl sites for hydroxylation is 1. The standard InChI is InChI=1S/C33H32BrCl2N3O4S/c1-3-37-33(41)31(17-24-7-5-4-6-8-24)38(21-25-11-13-26(34)14-12-25)32(40)22-39(29-19-27(35)18-28(36)20-29)44(42,43)30-15-9-23(2)10-16-30/h4-16,18-20,31H,3,17,21-22H2,1-2H3,(H,37,41)/t31-/m1/s1. The van der Waals surface area contributed by atoms with Crippen molar-refractivity contribution in [3.63, 3.8) is 0 Å². The van der Waals surface area contributed by atoms with Gasteiger partial charge in [-0.05, 0) is 67.4 Å². The van der Waals surface area contributed by atoms with Gasteiger partial charge in [0.2, 0.25) is 11.8 Å². The molecule has 1 atom stereocenters. The average molecular weight is 718 g/mol. The monoisotopic (exact) mass is 715 g/mol. The molecule has 7 nitrogen and oxygen atoms in total. The highest BCUT2D eigenvalue weighted by Gasteiger charge is 2.34. The molecule has 0 radical (unpaired) electrons. The fraction of sp³-hybridized carbons (Fsp3) is 0.212. The van der Waals surface area contributed by atoms with Crippen LogP contribution in [0.5, 0.6) is 0 Å². The number of amides is 2. The Morgan fingerprint density at radius 3 is 2.07 bits per heavy atom. The molecule has 0 aliphatic carbocycles. The molecule has 4 aromatic carbocycles. The second-order valence-electron chi connectivity index (χ2n) is 10.2. The molecule has 11 heteroatoms. The number of halogens is 3. The summed E-state index contributed by atoms with van der Waals surface area (Å²) >= 11 is 16.0. The van der Waals surface area contributed by atoms with E-state index in [1.165, 1.54) is 35.2 Å². The molecule has 0 heterocycles. The third-order valence-electron chi connectivity index (χ3n) is 6.91. The zero-order chi connectivity index (χ0) is 31.9. The summed E-state index contributed by atoms with van der Waals surface area (Å²) in [7, 11) is -4.26. The lowest BCUT2D eigenvalue weighted by atomic mass is 10.0. The number of nitrogens with one attached hydrogen (secondary N) is 1. The van der Waals surface area contributed by atoms with Gasteiger partial charge in [0.25, 0.3) is 10.0 Å². The number of carbonyl (C=O) groups is 2. The number of likely N-dealkylation sites (N-methyl/N-ethyl adjacent to an activating group) is 1. The van der Waals surface area contributed by atoms with Gasteiger partial charge in [0.15, 0.2) is 0 Å². The smallest absolute Gasteiger partial charge is 0.264 e. The van der Waals surface area contributed by atoms with Gasteiger partial charge in [-0.1, -0.05) is 99.3 Å². The van der Waals surface area contributed by atoms with E-state index in [9.17, 15) is 18.0 Å². The van der Waals surface area contributed by atoms with Gasteiger partial charge in [-0.15, -0.1) is 0 Å². The summed E-state index contributed by atoms with van der Waals surface area (Å²) in [4.78, 5) is 29.4. The van der Waals surface area contributed by atoms with Gasteiger partial charge in [-0.25, -0.2) is 8.42 Å². The highest BCUT2D eigenvalue weighted by molar-refractivity contribution is 9.10. The Balaban J connectivity index is 1.81. The molecule has 4 aromatic rings. The van der Waals surface area contributed by atoms with E-state index in [1.807, 2.05) is 61.5 Å². The van der Waals surface area contributed by atoms with Crippen molar-refractivity contribution >= 4 is 66.7 Å². The lowest BCUT2D eigenvalue weighted by molar-refractivity contribution is -0.140. The van der Waals surface area contributed by atoms with E-state index in [-0.39, 0.29) is 39.5 Å². The molecule has 0 aromatic heterocycles. The molecular weight excluding hydrogens is 685 g/mol. The van der Waals surface area contributed by atoms with E-state index in [2.05, 4.69) is 21.2 Å². The molecule has 44 heavy (non-hydrogen) atoms. The summed E-state index contributed by atoms with van der Waals surface area (Å²) < 4.78 is 30.1. The number of rotatable bonds is 12. The summed E-state index contributed by atoms with van der Waals surface area (Å²) in [5.74, 6) is -0.924. The first-order valence-electron chi connectivity index (χ1n) is 13.9. The number of nitrogens with zero attached hydrogens (tertiary/aromatic N) is 2. The number of hydrogen-bond acceptors (Lipinski definition) is 4. The van der Waals surface area contributed by atoms with Crippen molar-refractivity contribution in [2.45, 2.75) is 37.8 Å². The van der Waals surface area contributed by atoms with E-state index in [0.29, 0.717) is 6.54 Å². The van der Waals surface area contributed by atoms with Crippen molar-refractivity contribution in [1.29, 1.82) is 0 Å². The number of carbonyl (C=O) groups excluding carboxylic acids is 2. The molecule has 0 bridgehead atoms. The zero-order valence-electron chi connectivity index (χ0n) is 24.2. The number of sulfonamides is 1. The van der Waals surface area contributed by atoms with Crippen LogP contribution < -0.4 is 9.62 Å². The Morgan fingerprint density at radius 2 is 1.48 bits per heavy atom. The van der Waals surface area contributed by atoms with Crippen molar-refractivity contribution < 1.29 is 18.0 Å². The maximum absolute atomic E-state index is 14.4. The second-order valence-corrected chi connectivity index (χ2v) is 13.9. The van der Waals surface area contributed by atoms with E-state index < -0.39 is 28.5 Å². The molecule has 0 unspecified atom stereocenters. The minimum Gasteiger partial charge on any atom is -0.355 e. The number of benzene rings is 4. The van der Waals surface area contributed by atoms with Crippen molar-refractivity contribution in [3.8, 4) is 0 Å². The molecular formula is C33H32BrCl2N3O4S. The normalized spacial score (nSPS) is 11.9. The van der Waals surface area contributed by atoms with Crippen LogP contribution in [0, 0.1) is 6.92 Å². The van der Waals surface area contributed by atoms with Crippen LogP contribution in [0.2, 0.25) is 10.0 Å². The summed E-state index contributed by atoms with van der Waals surface area (Å²) in [5, 5.41) is 3.27. The predicted molar refractivity (Wildman–Crippen MR) is 179 cm³/mol. The van der Waals surface area contributed by atoms with Gasteiger partial charge in [0.05, 0.1) is 10.6 Å². The van der Waals surface area contributed by atoms with Crippen LogP contribution >= 0.6 is 39.1 Å². The van der Waals surface area contributed by atoms with Gasteiger partial charge < -0.3 is 10.2 Å². The largest absolute Gasteiger partial charge is 0.355 e. The molecule has 0 saturated heterocycles. The van der Waals surface area contributed by atoms with Crippen molar-refractivity contribution in [2.24, 2.45) is 0 Å². The summed E-state index contributed by atoms with van der Waals surface area (Å²) in [6, 6.07) is 26.5. The summed E-state index contributed by atoms with van der Waals surface area (Å²) in [6.07, 6.45) is 0.225. The minimum absolute atomic E-state index is 0.00369. The van der Waals surface area contributed by atoms with Crippen LogP contribution in [0.1, 0.15) is 23.6 Å². The summed E-state index contributed by atoms with van der Waals surface area (Å²) in [5.41, 5.74) is 2.62. The third-order valence-corrected chi connectivity index (χ3v) is 9.66. The molecule has 4 rings (SSSR count). The Morgan fingerprint density at radius 1 is 0.864 bits per heavy atom. The fourth-order valence-electron chi connectivity index (χ4n) is 4.68. The minimum atomic E-state index is -4.26. The molecule has 0 fully saturated rings. The molecule has 0 aliphatic rings. The third kappa shape index (κ3) is 8.63. The molecule has 2 amide bonds. The zero-order valence-corrected chi connectivity index (χ0v) is 28.1. The highest BCUT2D eigenvalue weighted by atomic mass is 79.9. The SMILES string of the molecule is CCNC(=O)[C@@H](Cc1ccccc1)N(Cc1ccc(Br)cc1)C(=O)CN(c1cc(Cl)cc(Cl)c1)S(=O)(=O)c1ccc(C)cc1. The van der Waals surface area contributed by atoms with Crippen LogP contribution in [0.15, 0.2) is 106 Å². The maximum Gasteiger partial charge on any atom is 0.264 e. The van der Waals surface area contributed by atoms with Gasteiger partial charge in [-0.2, -0.15) is 0 Å². The first-order chi connectivity index (χ1) is 21.0. The molecule has 0 aliphatic heterocycles. The van der Waals surface area contributed by atoms with Gasteiger partial charge in [0.1, 0.15) is 12.6 Å². The van der Waals surface area contributed by atoms with Crippen LogP contribution in [-0.4, -0.2) is 44.3 Å². The van der Waals surface area contributed by atoms with Crippen LogP contribution in [0.4, 0.5) is 5.69 Å². The van der Waals surface area contributed by atoms with Gasteiger partial charge in [0, 0.05) is 34.0 Å². The quantitative estimate of drug-likeness (QED) is 0.171. The lowest BCUT2D eigenvalue weighted by Crippen LogP contribution is -2.53. The first-order valence-corrected chi connectivity index (χ1v) is 16.9. The van der Waals surface area contributed by atoms with Crippen LogP contribution in [0.25, 0.3) is 0 Å². The van der Waals surface area contributed by atoms with E-state index in [1.54, 1.807) is 19.1 Å². The highest BCUT2D eigenvalue weighted by Crippen LogP contribution is 2.30. The van der Waals surface area contributed by atoms with Crippen LogP contribution in [0.3, 0.4) is 0 Å². The Bertz CT molecular complexity index is 1680. The Labute approximate surface area is 277 Å². The fourth-order valence-corrected chi connectivity index (χ4v) is 6.86. The maximum atomic E-state index is 14.4. The first kappa shape index (κ1) is 33.5. The number of anilines is 1. The molecule has 230 valence electrons. The molecule has 1 N–H and O–H groups in total. The van der Waals surface area contributed by atoms with E-state index in [4.69, 9.17) is 23.2 Å². The topological polar surface area (TPSA) is 86.8 Å². The average Bonchev–Trinajstić information content (AvgIpc) is 2.98. The molecule has 0 saturated carbocycles. The van der Waals surface area contributed by atoms with Crippen molar-refractivity contribution in [3.05, 3.63) is 128 Å². The van der Waals surface area contributed by atoms with Crippen molar-refractivity contribution in [1.82, 2.24) is 10.2 Å². The lowest BCUT2D eigenvalue weighted by Gasteiger charge is -2.34. The van der Waals surface area contributed by atoms with E-state index >= 15 is 0 Å². The Hall–Kier alpha value is -3.37. The van der Waals surface area contributed by atoms with Crippen LogP contribution in [-0.2, 0) is 32.6 Å². The molecule has 0 spiro atoms. The summed E-state index contributed by atoms with van der Waals surface area (Å²) in [6.45, 7) is 3.47. The van der Waals surface area contributed by atoms with Gasteiger partial charge >= 0.3 is 0 Å². The van der Waals surface area contributed by atoms with E-state index in [0.717, 1.165) is 25.5 Å². The predicted octanol–water partition coefficient (Wildman–Crippen LogP) is 7.04. The van der Waals surface area contributed by atoms with Gasteiger partial charge in [-0.3, -0.25) is 13.9 Å². The Kier molecular flexibility index (Phi) is 11.5. The second kappa shape index (κ2) is 15.1. The number of hydrogen-bond donors (Lipinski definition) is 1. The van der Waals surface area contributed by atoms with Crippen molar-refractivity contribution in [2.75, 3.05) is 17.4 Å².